The monoisotopic (exact) mass is 927 g/mol. The van der Waals surface area contributed by atoms with Crippen molar-refractivity contribution in [1.29, 1.82) is 0 Å². The summed E-state index contributed by atoms with van der Waals surface area (Å²) in [4.78, 5) is 25.4. The van der Waals surface area contributed by atoms with Gasteiger partial charge in [0.05, 0.1) is 11.3 Å². The molecule has 5 heterocycles. The molecule has 13 heteroatoms. The number of halogens is 3. The van der Waals surface area contributed by atoms with Gasteiger partial charge in [-0.05, 0) is 134 Å². The van der Waals surface area contributed by atoms with Crippen molar-refractivity contribution in [2.45, 2.75) is 71.5 Å². The van der Waals surface area contributed by atoms with Crippen molar-refractivity contribution in [3.05, 3.63) is 156 Å². The lowest BCUT2D eigenvalue weighted by Crippen LogP contribution is -2.53. The molecule has 6 aromatic rings. The number of thiophene rings is 1. The number of aromatic nitrogens is 3. The number of anilines is 2. The number of rotatable bonds is 8. The minimum Gasteiger partial charge on any atom is -0.478 e. The fourth-order valence-corrected chi connectivity index (χ4v) is 12.0. The van der Waals surface area contributed by atoms with E-state index in [4.69, 9.17) is 28.2 Å². The molecule has 4 aromatic carbocycles. The molecule has 2 aromatic heterocycles. The fraction of sp³-hybridized carbons (Fsp3) is 0.346. The van der Waals surface area contributed by atoms with Crippen LogP contribution in [-0.4, -0.2) is 87.9 Å². The molecule has 4 aliphatic rings. The topological polar surface area (TPSA) is 90.1 Å². The van der Waals surface area contributed by atoms with Gasteiger partial charge in [0.1, 0.15) is 22.5 Å². The summed E-state index contributed by atoms with van der Waals surface area (Å²) in [6.45, 7) is 13.5. The van der Waals surface area contributed by atoms with Crippen LogP contribution < -0.4 is 9.80 Å². The first-order valence-electron chi connectivity index (χ1n) is 22.6. The van der Waals surface area contributed by atoms with E-state index in [1.54, 1.807) is 23.5 Å². The van der Waals surface area contributed by atoms with Crippen molar-refractivity contribution in [1.82, 2.24) is 19.7 Å². The predicted octanol–water partition coefficient (Wildman–Crippen LogP) is 11.6. The van der Waals surface area contributed by atoms with Crippen LogP contribution in [0.5, 0.6) is 0 Å². The van der Waals surface area contributed by atoms with E-state index in [0.717, 1.165) is 124 Å². The number of allylic oxidation sites excluding steroid dienone is 1. The summed E-state index contributed by atoms with van der Waals surface area (Å²) in [6, 6.07) is 28.3. The van der Waals surface area contributed by atoms with Crippen LogP contribution in [0.15, 0.2) is 89.9 Å². The number of hydrogen-bond donors (Lipinski definition) is 1. The Labute approximate surface area is 393 Å². The maximum Gasteiger partial charge on any atom is 0.335 e. The van der Waals surface area contributed by atoms with Crippen LogP contribution in [-0.2, 0) is 6.42 Å². The van der Waals surface area contributed by atoms with E-state index in [9.17, 15) is 9.90 Å². The largest absolute Gasteiger partial charge is 0.478 e. The molecule has 2 saturated heterocycles. The van der Waals surface area contributed by atoms with E-state index in [1.807, 2.05) is 31.2 Å². The minimum atomic E-state index is -1.23. The first-order chi connectivity index (χ1) is 31.3. The highest BCUT2D eigenvalue weighted by atomic mass is 35.5. The first kappa shape index (κ1) is 43.6. The summed E-state index contributed by atoms with van der Waals surface area (Å²) < 4.78 is 18.8. The zero-order valence-electron chi connectivity index (χ0n) is 37.2. The highest BCUT2D eigenvalue weighted by Crippen LogP contribution is 2.44. The predicted molar refractivity (Wildman–Crippen MR) is 263 cm³/mol. The summed E-state index contributed by atoms with van der Waals surface area (Å²) in [5, 5.41) is 20.9. The highest BCUT2D eigenvalue weighted by Gasteiger charge is 2.37. The Hall–Kier alpha value is -5.33. The molecule has 2 fully saturated rings. The third-order valence-electron chi connectivity index (χ3n) is 14.0. The van der Waals surface area contributed by atoms with Crippen molar-refractivity contribution in [3.8, 4) is 5.00 Å². The number of aromatic carboxylic acids is 1. The van der Waals surface area contributed by atoms with Gasteiger partial charge in [-0.25, -0.2) is 9.18 Å². The normalized spacial score (nSPS) is 18.7. The average Bonchev–Trinajstić information content (AvgIpc) is 3.70. The average molecular weight is 929 g/mol. The Bertz CT molecular complexity index is 2870. The van der Waals surface area contributed by atoms with Crippen molar-refractivity contribution in [2.24, 2.45) is 4.99 Å². The van der Waals surface area contributed by atoms with Crippen molar-refractivity contribution < 1.29 is 14.3 Å². The maximum absolute atomic E-state index is 16.6. The number of hydrogen-bond acceptors (Lipinski definition) is 8. The summed E-state index contributed by atoms with van der Waals surface area (Å²) in [5.41, 5.74) is 12.0. The quantitative estimate of drug-likeness (QED) is 0.163. The van der Waals surface area contributed by atoms with Crippen LogP contribution >= 0.6 is 34.5 Å². The molecule has 1 atom stereocenters. The number of benzene rings is 4. The molecule has 0 unspecified atom stereocenters. The van der Waals surface area contributed by atoms with Crippen LogP contribution in [0.3, 0.4) is 0 Å². The number of aryl methyl sites for hydroxylation is 3. The van der Waals surface area contributed by atoms with Crippen LogP contribution in [0.25, 0.3) is 16.1 Å². The van der Waals surface area contributed by atoms with Gasteiger partial charge >= 0.3 is 5.97 Å². The second-order valence-corrected chi connectivity index (χ2v) is 20.1. The van der Waals surface area contributed by atoms with E-state index in [2.05, 4.69) is 98.8 Å². The van der Waals surface area contributed by atoms with Gasteiger partial charge in [-0.15, -0.1) is 21.5 Å². The zero-order chi connectivity index (χ0) is 45.1. The molecule has 0 saturated carbocycles. The Morgan fingerprint density at radius 1 is 0.815 bits per heavy atom. The van der Waals surface area contributed by atoms with Crippen molar-refractivity contribution >= 4 is 68.7 Å². The van der Waals surface area contributed by atoms with Gasteiger partial charge in [0, 0.05) is 96.1 Å². The zero-order valence-corrected chi connectivity index (χ0v) is 39.5. The lowest BCUT2D eigenvalue weighted by atomic mass is 9.87. The van der Waals surface area contributed by atoms with E-state index >= 15 is 4.39 Å². The Morgan fingerprint density at radius 2 is 1.48 bits per heavy atom. The number of nitrogens with zero attached hydrogens (tertiary/aromatic N) is 7. The SMILES string of the molecule is Cc1sc2c(c1C)C(c1ccc(N3CCC(F)(CN4CCN(c5ccc(C6=C(c7ccc(Cl)cc7Cl)CCCc7cc(C(=O)O)ccc76)cc5)CC4)CC3)cc1)=N[C@@H](C)c1nnc(C)n1-2. The van der Waals surface area contributed by atoms with E-state index in [0.29, 0.717) is 48.1 Å². The number of piperazine rings is 1. The molecule has 1 N–H and O–H groups in total. The van der Waals surface area contributed by atoms with Crippen LogP contribution in [0.1, 0.15) is 104 Å². The molecule has 10 rings (SSSR count). The van der Waals surface area contributed by atoms with Crippen LogP contribution in [0.2, 0.25) is 10.0 Å². The van der Waals surface area contributed by atoms with Gasteiger partial charge in [0.2, 0.25) is 0 Å². The van der Waals surface area contributed by atoms with E-state index in [1.165, 1.54) is 10.4 Å². The molecule has 9 nitrogen and oxygen atoms in total. The van der Waals surface area contributed by atoms with E-state index in [-0.39, 0.29) is 6.04 Å². The summed E-state index contributed by atoms with van der Waals surface area (Å²) in [5.74, 6) is 0.801. The maximum atomic E-state index is 16.6. The highest BCUT2D eigenvalue weighted by molar-refractivity contribution is 7.15. The standard InChI is InChI=1S/C52H52Cl2FN7O2S/c1-31-33(3)65-50-46(31)48(56-32(2)49-58-57-34(4)62(49)50)36-10-16-40(17-11-36)60-22-20-52(55,21-23-60)30-59-24-26-61(27-25-59)41-14-8-35(9-15-41)47-42-18-12-38(51(63)64)28-37(42)6-5-7-44(47)43-19-13-39(53)29-45(43)54/h8-19,28-29,32H,5-7,20-27,30H2,1-4H3,(H,63,64)/t32-/m0/s1. The Kier molecular flexibility index (Phi) is 11.7. The second-order valence-electron chi connectivity index (χ2n) is 18.1. The van der Waals surface area contributed by atoms with E-state index < -0.39 is 11.6 Å². The van der Waals surface area contributed by atoms with Crippen molar-refractivity contribution in [3.63, 3.8) is 0 Å². The molecule has 334 valence electrons. The number of fused-ring (bicyclic) bond motifs is 4. The molecule has 3 aliphatic heterocycles. The molecule has 1 aliphatic carbocycles. The molecule has 0 amide bonds. The fourth-order valence-electron chi connectivity index (χ4n) is 10.3. The van der Waals surface area contributed by atoms with Gasteiger partial charge in [-0.2, -0.15) is 0 Å². The van der Waals surface area contributed by atoms with Gasteiger partial charge in [0.15, 0.2) is 5.82 Å². The number of aliphatic imine (C=N–C) groups is 1. The van der Waals surface area contributed by atoms with Crippen LogP contribution in [0, 0.1) is 20.8 Å². The Morgan fingerprint density at radius 3 is 2.15 bits per heavy atom. The summed E-state index contributed by atoms with van der Waals surface area (Å²) in [6.07, 6.45) is 3.41. The number of carboxylic acids is 1. The number of carboxylic acid groups (broad SMARTS) is 1. The first-order valence-corrected chi connectivity index (χ1v) is 24.2. The second kappa shape index (κ2) is 17.5. The van der Waals surface area contributed by atoms with Gasteiger partial charge in [0.25, 0.3) is 0 Å². The molecule has 0 spiro atoms. The van der Waals surface area contributed by atoms with Crippen molar-refractivity contribution in [2.75, 3.05) is 55.6 Å². The minimum absolute atomic E-state index is 0.136. The molecule has 65 heavy (non-hydrogen) atoms. The van der Waals surface area contributed by atoms with Crippen LogP contribution in [0.4, 0.5) is 15.8 Å². The van der Waals surface area contributed by atoms with Gasteiger partial charge in [-0.1, -0.05) is 59.6 Å². The summed E-state index contributed by atoms with van der Waals surface area (Å²) in [7, 11) is 0. The molecular formula is C52H52Cl2FN7O2S. The molecular weight excluding hydrogens is 877 g/mol. The Balaban J connectivity index is 0.786. The molecule has 0 bridgehead atoms. The number of carbonyl (C=O) groups is 1. The lowest BCUT2D eigenvalue weighted by molar-refractivity contribution is 0.0649. The van der Waals surface area contributed by atoms with Gasteiger partial charge in [-0.3, -0.25) is 14.5 Å². The molecule has 0 radical (unpaired) electrons. The lowest BCUT2D eigenvalue weighted by Gasteiger charge is -2.43. The third kappa shape index (κ3) is 8.30. The third-order valence-corrected chi connectivity index (χ3v) is 15.7. The number of alkyl halides is 1. The summed E-state index contributed by atoms with van der Waals surface area (Å²) >= 11 is 14.9. The van der Waals surface area contributed by atoms with Gasteiger partial charge < -0.3 is 14.9 Å². The number of piperidine rings is 1. The smallest absolute Gasteiger partial charge is 0.335 e.